The Bertz CT molecular complexity index is 567. The van der Waals surface area contributed by atoms with E-state index in [1.165, 1.54) is 13.2 Å². The molecule has 0 fully saturated rings. The lowest BCUT2D eigenvalue weighted by Crippen LogP contribution is -2.56. The number of carbonyl (C=O) groups is 1. The summed E-state index contributed by atoms with van der Waals surface area (Å²) in [6.07, 6.45) is -1.92. The highest BCUT2D eigenvalue weighted by Gasteiger charge is 2.35. The van der Waals surface area contributed by atoms with Gasteiger partial charge in [0.2, 0.25) is 3.79 Å². The van der Waals surface area contributed by atoms with Gasteiger partial charge in [-0.15, -0.1) is 0 Å². The predicted molar refractivity (Wildman–Crippen MR) is 95.4 cm³/mol. The molecule has 0 aliphatic rings. The van der Waals surface area contributed by atoms with E-state index >= 15 is 0 Å². The average Bonchev–Trinajstić information content (AvgIpc) is 2.40. The van der Waals surface area contributed by atoms with Crippen molar-refractivity contribution in [2.24, 2.45) is 0 Å². The standard InChI is InChI=1S/C11H10Cl5N3O2S/c1-21-10(20)19-8(11(14,15)16)18-9(22)17-7-3-2-5(12)4-6(7)13/h2-4,8H,1H3,(H,19,20)(H2,17,18,22). The molecule has 0 heterocycles. The summed E-state index contributed by atoms with van der Waals surface area (Å²) in [5.74, 6) is 0. The quantitative estimate of drug-likeness (QED) is 0.382. The van der Waals surface area contributed by atoms with Crippen molar-refractivity contribution in [2.75, 3.05) is 12.4 Å². The average molecular weight is 426 g/mol. The van der Waals surface area contributed by atoms with Gasteiger partial charge in [-0.25, -0.2) is 4.79 Å². The lowest BCUT2D eigenvalue weighted by atomic mass is 10.3. The number of rotatable bonds is 3. The monoisotopic (exact) mass is 423 g/mol. The lowest BCUT2D eigenvalue weighted by Gasteiger charge is -2.27. The van der Waals surface area contributed by atoms with Gasteiger partial charge in [0.15, 0.2) is 11.3 Å². The number of thiocarbonyl (C=S) groups is 1. The van der Waals surface area contributed by atoms with Gasteiger partial charge in [-0.1, -0.05) is 58.0 Å². The van der Waals surface area contributed by atoms with Crippen molar-refractivity contribution in [3.8, 4) is 0 Å². The van der Waals surface area contributed by atoms with Crippen LogP contribution in [0.2, 0.25) is 10.0 Å². The van der Waals surface area contributed by atoms with Crippen LogP contribution in [-0.2, 0) is 4.74 Å². The number of ether oxygens (including phenoxy) is 1. The molecule has 0 saturated carbocycles. The van der Waals surface area contributed by atoms with Crippen LogP contribution in [0.3, 0.4) is 0 Å². The van der Waals surface area contributed by atoms with E-state index in [0.717, 1.165) is 0 Å². The van der Waals surface area contributed by atoms with Gasteiger partial charge in [-0.2, -0.15) is 0 Å². The van der Waals surface area contributed by atoms with Crippen LogP contribution in [0.1, 0.15) is 0 Å². The van der Waals surface area contributed by atoms with Crippen molar-refractivity contribution in [1.29, 1.82) is 0 Å². The Balaban J connectivity index is 2.76. The van der Waals surface area contributed by atoms with E-state index in [9.17, 15) is 4.79 Å². The summed E-state index contributed by atoms with van der Waals surface area (Å²) in [5.41, 5.74) is 0.490. The maximum absolute atomic E-state index is 11.3. The molecule has 0 aromatic heterocycles. The zero-order valence-corrected chi connectivity index (χ0v) is 15.5. The molecule has 22 heavy (non-hydrogen) atoms. The van der Waals surface area contributed by atoms with Gasteiger partial charge in [0, 0.05) is 5.02 Å². The third-order valence-corrected chi connectivity index (χ3v) is 3.65. The summed E-state index contributed by atoms with van der Waals surface area (Å²) in [7, 11) is 1.18. The fourth-order valence-corrected chi connectivity index (χ4v) is 2.27. The van der Waals surface area contributed by atoms with Crippen LogP contribution in [0.5, 0.6) is 0 Å². The molecule has 0 bridgehead atoms. The first-order valence-corrected chi connectivity index (χ1v) is 7.87. The molecular weight excluding hydrogens is 415 g/mol. The summed E-state index contributed by atoms with van der Waals surface area (Å²) in [5, 5.41) is 8.61. The molecule has 122 valence electrons. The molecule has 1 aromatic carbocycles. The molecule has 1 rings (SSSR count). The van der Waals surface area contributed by atoms with Gasteiger partial charge in [-0.05, 0) is 30.4 Å². The molecule has 1 aromatic rings. The van der Waals surface area contributed by atoms with Crippen LogP contribution in [0, 0.1) is 0 Å². The van der Waals surface area contributed by atoms with Gasteiger partial charge < -0.3 is 15.4 Å². The first-order chi connectivity index (χ1) is 10.1. The lowest BCUT2D eigenvalue weighted by molar-refractivity contribution is 0.166. The second kappa shape index (κ2) is 8.47. The summed E-state index contributed by atoms with van der Waals surface area (Å²) in [6.45, 7) is 0. The molecule has 1 amide bonds. The van der Waals surface area contributed by atoms with Crippen LogP contribution in [-0.4, -0.2) is 28.3 Å². The minimum Gasteiger partial charge on any atom is -0.453 e. The van der Waals surface area contributed by atoms with Gasteiger partial charge in [0.1, 0.15) is 0 Å². The number of methoxy groups -OCH3 is 1. The molecule has 5 nitrogen and oxygen atoms in total. The van der Waals surface area contributed by atoms with Crippen molar-refractivity contribution in [1.82, 2.24) is 10.6 Å². The molecule has 0 radical (unpaired) electrons. The van der Waals surface area contributed by atoms with E-state index in [-0.39, 0.29) is 5.11 Å². The third kappa shape index (κ3) is 6.40. The SMILES string of the molecule is COC(=O)NC(NC(=S)Nc1ccc(Cl)cc1Cl)C(Cl)(Cl)Cl. The number of hydrogen-bond donors (Lipinski definition) is 3. The minimum absolute atomic E-state index is 0.0666. The summed E-state index contributed by atoms with van der Waals surface area (Å²) in [4.78, 5) is 11.3. The van der Waals surface area contributed by atoms with Crippen molar-refractivity contribution in [3.63, 3.8) is 0 Å². The van der Waals surface area contributed by atoms with Crippen LogP contribution in [0.25, 0.3) is 0 Å². The summed E-state index contributed by atoms with van der Waals surface area (Å²) >= 11 is 34.2. The zero-order valence-electron chi connectivity index (χ0n) is 10.9. The van der Waals surface area contributed by atoms with E-state index in [1.54, 1.807) is 12.1 Å². The summed E-state index contributed by atoms with van der Waals surface area (Å²) < 4.78 is 2.57. The highest BCUT2D eigenvalue weighted by molar-refractivity contribution is 7.80. The van der Waals surface area contributed by atoms with Gasteiger partial charge in [0.05, 0.1) is 17.8 Å². The Morgan fingerprint density at radius 1 is 1.27 bits per heavy atom. The Kier molecular flexibility index (Phi) is 7.58. The molecule has 0 aliphatic heterocycles. The predicted octanol–water partition coefficient (Wildman–Crippen LogP) is 4.33. The summed E-state index contributed by atoms with van der Waals surface area (Å²) in [6, 6.07) is 4.78. The molecule has 3 N–H and O–H groups in total. The minimum atomic E-state index is -1.87. The van der Waals surface area contributed by atoms with Crippen LogP contribution < -0.4 is 16.0 Å². The number of hydrogen-bond acceptors (Lipinski definition) is 3. The van der Waals surface area contributed by atoms with E-state index < -0.39 is 16.1 Å². The number of nitrogens with one attached hydrogen (secondary N) is 3. The Hall–Kier alpha value is -0.370. The largest absolute Gasteiger partial charge is 0.453 e. The van der Waals surface area contributed by atoms with Crippen molar-refractivity contribution in [2.45, 2.75) is 9.96 Å². The van der Waals surface area contributed by atoms with Gasteiger partial charge in [-0.3, -0.25) is 5.32 Å². The second-order valence-corrected chi connectivity index (χ2v) is 7.45. The number of halogens is 5. The maximum atomic E-state index is 11.3. The van der Waals surface area contributed by atoms with Crippen molar-refractivity contribution >= 4 is 87.1 Å². The fraction of sp³-hybridized carbons (Fsp3) is 0.273. The molecule has 0 spiro atoms. The van der Waals surface area contributed by atoms with Crippen LogP contribution in [0.15, 0.2) is 18.2 Å². The highest BCUT2D eigenvalue weighted by Crippen LogP contribution is 2.29. The topological polar surface area (TPSA) is 62.4 Å². The van der Waals surface area contributed by atoms with Crippen LogP contribution in [0.4, 0.5) is 10.5 Å². The third-order valence-electron chi connectivity index (χ3n) is 2.23. The Morgan fingerprint density at radius 3 is 2.41 bits per heavy atom. The first-order valence-electron chi connectivity index (χ1n) is 5.57. The van der Waals surface area contributed by atoms with Gasteiger partial charge in [0.25, 0.3) is 0 Å². The van der Waals surface area contributed by atoms with E-state index in [4.69, 9.17) is 70.2 Å². The van der Waals surface area contributed by atoms with Crippen LogP contribution >= 0.6 is 70.2 Å². The Labute approximate surface area is 157 Å². The normalized spacial score (nSPS) is 12.3. The number of alkyl halides is 3. The van der Waals surface area contributed by atoms with Crippen molar-refractivity contribution in [3.05, 3.63) is 28.2 Å². The zero-order chi connectivity index (χ0) is 16.9. The van der Waals surface area contributed by atoms with E-state index in [2.05, 4.69) is 20.7 Å². The molecule has 0 aliphatic carbocycles. The molecule has 1 unspecified atom stereocenters. The maximum Gasteiger partial charge on any atom is 0.408 e. The highest BCUT2D eigenvalue weighted by atomic mass is 35.6. The van der Waals surface area contributed by atoms with Gasteiger partial charge >= 0.3 is 6.09 Å². The first kappa shape index (κ1) is 19.7. The number of benzene rings is 1. The van der Waals surface area contributed by atoms with E-state index in [1.807, 2.05) is 0 Å². The van der Waals surface area contributed by atoms with E-state index in [0.29, 0.717) is 15.7 Å². The molecule has 11 heteroatoms. The number of carbonyl (C=O) groups excluding carboxylic acids is 1. The number of amides is 1. The second-order valence-electron chi connectivity index (χ2n) is 3.83. The number of alkyl carbamates (subject to hydrolysis) is 1. The Morgan fingerprint density at radius 2 is 1.91 bits per heavy atom. The molecule has 1 atom stereocenters. The molecule has 0 saturated heterocycles. The fourth-order valence-electron chi connectivity index (χ4n) is 1.26. The smallest absolute Gasteiger partial charge is 0.408 e. The number of anilines is 1. The molecular formula is C11H10Cl5N3O2S. The van der Waals surface area contributed by atoms with Crippen molar-refractivity contribution < 1.29 is 9.53 Å².